The Hall–Kier alpha value is -1.51. The van der Waals surface area contributed by atoms with Gasteiger partial charge in [-0.3, -0.25) is 4.79 Å². The summed E-state index contributed by atoms with van der Waals surface area (Å²) in [6.07, 6.45) is 5.93. The summed E-state index contributed by atoms with van der Waals surface area (Å²) in [7, 11) is 1.71. The van der Waals surface area contributed by atoms with Crippen LogP contribution >= 0.6 is 0 Å². The van der Waals surface area contributed by atoms with Crippen LogP contribution in [-0.4, -0.2) is 18.2 Å². The molecule has 102 valence electrons. The maximum Gasteiger partial charge on any atom is 0.303 e. The number of aliphatic carboxylic acids is 1. The number of carbonyl (C=O) groups is 1. The Morgan fingerprint density at radius 3 is 2.74 bits per heavy atom. The summed E-state index contributed by atoms with van der Waals surface area (Å²) in [5, 5.41) is 9.15. The fourth-order valence-corrected chi connectivity index (χ4v) is 3.46. The molecule has 3 heteroatoms. The number of ether oxygens (including phenoxy) is 1. The van der Waals surface area contributed by atoms with Crippen LogP contribution in [0.2, 0.25) is 0 Å². The van der Waals surface area contributed by atoms with Gasteiger partial charge in [-0.15, -0.1) is 0 Å². The molecule has 1 fully saturated rings. The first-order chi connectivity index (χ1) is 9.20. The van der Waals surface area contributed by atoms with Gasteiger partial charge in [0, 0.05) is 0 Å². The van der Waals surface area contributed by atoms with Gasteiger partial charge in [0.15, 0.2) is 0 Å². The first kappa shape index (κ1) is 12.5. The van der Waals surface area contributed by atoms with E-state index in [2.05, 4.69) is 6.07 Å². The number of hydrogen-bond acceptors (Lipinski definition) is 2. The molecule has 1 saturated carbocycles. The van der Waals surface area contributed by atoms with Crippen LogP contribution in [0.25, 0.3) is 0 Å². The Bertz CT molecular complexity index is 503. The van der Waals surface area contributed by atoms with Crippen LogP contribution < -0.4 is 4.74 Å². The topological polar surface area (TPSA) is 46.5 Å². The Kier molecular flexibility index (Phi) is 3.21. The van der Waals surface area contributed by atoms with Crippen LogP contribution in [0.5, 0.6) is 5.75 Å². The van der Waals surface area contributed by atoms with E-state index in [0.29, 0.717) is 5.92 Å². The van der Waals surface area contributed by atoms with Crippen LogP contribution in [0.1, 0.15) is 48.3 Å². The van der Waals surface area contributed by atoms with Gasteiger partial charge in [-0.2, -0.15) is 0 Å². The molecule has 1 aromatic rings. The fourth-order valence-electron chi connectivity index (χ4n) is 3.46. The Balaban J connectivity index is 1.99. The fraction of sp³-hybridized carbons (Fsp3) is 0.562. The average molecular weight is 260 g/mol. The largest absolute Gasteiger partial charge is 0.496 e. The van der Waals surface area contributed by atoms with Crippen LogP contribution in [0.4, 0.5) is 0 Å². The summed E-state index contributed by atoms with van der Waals surface area (Å²) in [5.41, 5.74) is 3.96. The molecule has 1 unspecified atom stereocenters. The first-order valence-electron chi connectivity index (χ1n) is 7.11. The minimum absolute atomic E-state index is 0.204. The minimum Gasteiger partial charge on any atom is -0.496 e. The lowest BCUT2D eigenvalue weighted by Crippen LogP contribution is -2.11. The van der Waals surface area contributed by atoms with E-state index in [1.54, 1.807) is 7.11 Å². The maximum atomic E-state index is 11.1. The van der Waals surface area contributed by atoms with Gasteiger partial charge in [0.1, 0.15) is 5.75 Å². The standard InChI is InChI=1S/C16H20O3/c1-19-15-8-7-12(11-3-2-4-13(11)15)14(9-16(17)18)10-5-6-10/h7-8,10,14H,2-6,9H2,1H3,(H,17,18). The van der Waals surface area contributed by atoms with Crippen molar-refractivity contribution in [3.63, 3.8) is 0 Å². The van der Waals surface area contributed by atoms with Gasteiger partial charge < -0.3 is 9.84 Å². The number of methoxy groups -OCH3 is 1. The Morgan fingerprint density at radius 1 is 1.37 bits per heavy atom. The van der Waals surface area contributed by atoms with Crippen LogP contribution in [0.15, 0.2) is 12.1 Å². The molecule has 2 aliphatic rings. The lowest BCUT2D eigenvalue weighted by Gasteiger charge is -2.20. The molecule has 0 aromatic heterocycles. The molecule has 0 spiro atoms. The molecular weight excluding hydrogens is 240 g/mol. The lowest BCUT2D eigenvalue weighted by atomic mass is 9.86. The van der Waals surface area contributed by atoms with Crippen molar-refractivity contribution < 1.29 is 14.6 Å². The number of hydrogen-bond donors (Lipinski definition) is 1. The molecule has 2 aliphatic carbocycles. The molecule has 0 heterocycles. The SMILES string of the molecule is COc1ccc(C(CC(=O)O)C2CC2)c2c1CCC2. The van der Waals surface area contributed by atoms with Gasteiger partial charge >= 0.3 is 5.97 Å². The summed E-state index contributed by atoms with van der Waals surface area (Å²) in [6, 6.07) is 4.13. The zero-order chi connectivity index (χ0) is 13.4. The molecule has 0 aliphatic heterocycles. The normalized spacial score (nSPS) is 19.0. The Labute approximate surface area is 113 Å². The second-order valence-electron chi connectivity index (χ2n) is 5.71. The molecule has 0 amide bonds. The third-order valence-corrected chi connectivity index (χ3v) is 4.48. The van der Waals surface area contributed by atoms with E-state index in [-0.39, 0.29) is 12.3 Å². The highest BCUT2D eigenvalue weighted by atomic mass is 16.5. The number of fused-ring (bicyclic) bond motifs is 1. The van der Waals surface area contributed by atoms with Crippen molar-refractivity contribution in [2.24, 2.45) is 5.92 Å². The Morgan fingerprint density at radius 2 is 2.11 bits per heavy atom. The quantitative estimate of drug-likeness (QED) is 0.884. The van der Waals surface area contributed by atoms with Crippen molar-refractivity contribution in [2.75, 3.05) is 7.11 Å². The number of benzene rings is 1. The van der Waals surface area contributed by atoms with Gasteiger partial charge in [0.25, 0.3) is 0 Å². The molecule has 1 N–H and O–H groups in total. The van der Waals surface area contributed by atoms with Crippen molar-refractivity contribution in [1.82, 2.24) is 0 Å². The summed E-state index contributed by atoms with van der Waals surface area (Å²) >= 11 is 0. The van der Waals surface area contributed by atoms with Crippen molar-refractivity contribution in [3.8, 4) is 5.75 Å². The van der Waals surface area contributed by atoms with Crippen molar-refractivity contribution in [3.05, 3.63) is 28.8 Å². The van der Waals surface area contributed by atoms with Crippen molar-refractivity contribution in [2.45, 2.75) is 44.4 Å². The van der Waals surface area contributed by atoms with E-state index in [1.807, 2.05) is 6.07 Å². The number of rotatable bonds is 5. The highest BCUT2D eigenvalue weighted by Crippen LogP contribution is 2.47. The monoisotopic (exact) mass is 260 g/mol. The summed E-state index contributed by atoms with van der Waals surface area (Å²) in [6.45, 7) is 0. The van der Waals surface area contributed by atoms with Crippen molar-refractivity contribution >= 4 is 5.97 Å². The zero-order valence-corrected chi connectivity index (χ0v) is 11.3. The molecule has 0 radical (unpaired) electrons. The molecule has 1 atom stereocenters. The lowest BCUT2D eigenvalue weighted by molar-refractivity contribution is -0.137. The minimum atomic E-state index is -0.681. The molecule has 0 bridgehead atoms. The zero-order valence-electron chi connectivity index (χ0n) is 11.3. The third-order valence-electron chi connectivity index (χ3n) is 4.48. The van der Waals surface area contributed by atoms with Gasteiger partial charge in [0.05, 0.1) is 13.5 Å². The first-order valence-corrected chi connectivity index (χ1v) is 7.11. The second-order valence-corrected chi connectivity index (χ2v) is 5.71. The van der Waals surface area contributed by atoms with E-state index in [1.165, 1.54) is 29.5 Å². The molecular formula is C16H20O3. The van der Waals surface area contributed by atoms with Gasteiger partial charge in [0.2, 0.25) is 0 Å². The summed E-state index contributed by atoms with van der Waals surface area (Å²) in [4.78, 5) is 11.1. The third kappa shape index (κ3) is 2.34. The smallest absolute Gasteiger partial charge is 0.303 e. The predicted octanol–water partition coefficient (Wildman–Crippen LogP) is 3.15. The van der Waals surface area contributed by atoms with Crippen molar-refractivity contribution in [1.29, 1.82) is 0 Å². The van der Waals surface area contributed by atoms with E-state index in [0.717, 1.165) is 25.0 Å². The second kappa shape index (κ2) is 4.87. The van der Waals surface area contributed by atoms with Gasteiger partial charge in [-0.05, 0) is 66.7 Å². The van der Waals surface area contributed by atoms with E-state index < -0.39 is 5.97 Å². The van der Waals surface area contributed by atoms with Gasteiger partial charge in [-0.1, -0.05) is 6.07 Å². The number of carboxylic acids is 1. The number of carboxylic acid groups (broad SMARTS) is 1. The van der Waals surface area contributed by atoms with Crippen LogP contribution in [-0.2, 0) is 17.6 Å². The van der Waals surface area contributed by atoms with E-state index in [4.69, 9.17) is 9.84 Å². The summed E-state index contributed by atoms with van der Waals surface area (Å²) in [5.74, 6) is 1.07. The molecule has 1 aromatic carbocycles. The van der Waals surface area contributed by atoms with E-state index in [9.17, 15) is 4.79 Å². The predicted molar refractivity (Wildman–Crippen MR) is 72.7 cm³/mol. The maximum absolute atomic E-state index is 11.1. The molecule has 3 nitrogen and oxygen atoms in total. The van der Waals surface area contributed by atoms with E-state index >= 15 is 0 Å². The highest BCUT2D eigenvalue weighted by molar-refractivity contribution is 5.68. The van der Waals surface area contributed by atoms with Gasteiger partial charge in [-0.25, -0.2) is 0 Å². The summed E-state index contributed by atoms with van der Waals surface area (Å²) < 4.78 is 5.43. The molecule has 3 rings (SSSR count). The van der Waals surface area contributed by atoms with Crippen LogP contribution in [0, 0.1) is 5.92 Å². The average Bonchev–Trinajstić information content (AvgIpc) is 3.11. The van der Waals surface area contributed by atoms with Crippen LogP contribution in [0.3, 0.4) is 0 Å². The highest BCUT2D eigenvalue weighted by Gasteiger charge is 2.36. The molecule has 19 heavy (non-hydrogen) atoms. The molecule has 0 saturated heterocycles.